The van der Waals surface area contributed by atoms with E-state index >= 15 is 0 Å². The van der Waals surface area contributed by atoms with Crippen LogP contribution in [0.2, 0.25) is 0 Å². The third kappa shape index (κ3) is 3.64. The molecule has 0 amide bonds. The summed E-state index contributed by atoms with van der Waals surface area (Å²) in [5, 5.41) is 13.8. The van der Waals surface area contributed by atoms with Gasteiger partial charge in [-0.2, -0.15) is 0 Å². The summed E-state index contributed by atoms with van der Waals surface area (Å²) in [6.45, 7) is 5.83. The lowest BCUT2D eigenvalue weighted by Gasteiger charge is -2.50. The number of nitrogens with zero attached hydrogens (tertiary/aromatic N) is 3. The van der Waals surface area contributed by atoms with E-state index in [1.54, 1.807) is 11.3 Å². The van der Waals surface area contributed by atoms with Crippen molar-refractivity contribution in [3.63, 3.8) is 0 Å². The number of thiazole rings is 1. The van der Waals surface area contributed by atoms with E-state index in [4.69, 9.17) is 4.74 Å². The minimum absolute atomic E-state index is 0.0752. The van der Waals surface area contributed by atoms with Gasteiger partial charge in [-0.3, -0.25) is 9.80 Å². The predicted molar refractivity (Wildman–Crippen MR) is 98.5 cm³/mol. The highest BCUT2D eigenvalue weighted by Crippen LogP contribution is 2.36. The lowest BCUT2D eigenvalue weighted by molar-refractivity contribution is -0.119. The molecular formula is C19H25N3O2S. The molecule has 2 saturated heterocycles. The van der Waals surface area contributed by atoms with Crippen molar-refractivity contribution in [2.24, 2.45) is 0 Å². The van der Waals surface area contributed by atoms with Gasteiger partial charge < -0.3 is 9.84 Å². The summed E-state index contributed by atoms with van der Waals surface area (Å²) in [6, 6.07) is 10.2. The first-order chi connectivity index (χ1) is 12.3. The van der Waals surface area contributed by atoms with E-state index in [1.165, 1.54) is 0 Å². The van der Waals surface area contributed by atoms with Crippen molar-refractivity contribution < 1.29 is 9.84 Å². The molecule has 6 heteroatoms. The Labute approximate surface area is 152 Å². The normalized spacial score (nSPS) is 28.9. The van der Waals surface area contributed by atoms with E-state index < -0.39 is 5.60 Å². The van der Waals surface area contributed by atoms with E-state index in [-0.39, 0.29) is 6.04 Å². The minimum atomic E-state index is -0.808. The number of aliphatic hydroxyl groups is 1. The van der Waals surface area contributed by atoms with Crippen molar-refractivity contribution in [3.8, 4) is 0 Å². The number of aromatic nitrogens is 1. The molecule has 0 saturated carbocycles. The summed E-state index contributed by atoms with van der Waals surface area (Å²) in [5.41, 5.74) is 3.23. The summed E-state index contributed by atoms with van der Waals surface area (Å²) in [5.74, 6) is 0. The largest absolute Gasteiger partial charge is 0.383 e. The molecule has 2 aromatic rings. The average molecular weight is 359 g/mol. The van der Waals surface area contributed by atoms with Gasteiger partial charge in [-0.15, -0.1) is 11.3 Å². The quantitative estimate of drug-likeness (QED) is 0.904. The van der Waals surface area contributed by atoms with Gasteiger partial charge in [-0.25, -0.2) is 4.98 Å². The van der Waals surface area contributed by atoms with E-state index in [9.17, 15) is 5.11 Å². The zero-order chi connectivity index (χ0) is 17.1. The number of morpholine rings is 1. The second-order valence-corrected chi connectivity index (χ2v) is 7.64. The van der Waals surface area contributed by atoms with Gasteiger partial charge in [0.25, 0.3) is 0 Å². The van der Waals surface area contributed by atoms with E-state index in [2.05, 4.69) is 32.3 Å². The molecule has 1 aromatic heterocycles. The first-order valence-electron chi connectivity index (χ1n) is 8.95. The molecule has 2 aliphatic rings. The van der Waals surface area contributed by atoms with Crippen molar-refractivity contribution >= 4 is 11.3 Å². The first-order valence-corrected chi connectivity index (χ1v) is 9.89. The SMILES string of the molecule is O[C@]1(c2ccccc2)CCN(Cc2cscn2)C[C@H]1N1CCOCC1. The number of hydrogen-bond donors (Lipinski definition) is 1. The Morgan fingerprint density at radius 2 is 2.00 bits per heavy atom. The van der Waals surface area contributed by atoms with Crippen LogP contribution < -0.4 is 0 Å². The highest BCUT2D eigenvalue weighted by atomic mass is 32.1. The molecule has 134 valence electrons. The molecule has 0 unspecified atom stereocenters. The maximum Gasteiger partial charge on any atom is 0.108 e. The monoisotopic (exact) mass is 359 g/mol. The molecule has 1 aromatic carbocycles. The fraction of sp³-hybridized carbons (Fsp3) is 0.526. The molecule has 2 atom stereocenters. The predicted octanol–water partition coefficient (Wildman–Crippen LogP) is 1.94. The Morgan fingerprint density at radius 1 is 1.20 bits per heavy atom. The van der Waals surface area contributed by atoms with Crippen LogP contribution in [-0.4, -0.2) is 65.3 Å². The maximum atomic E-state index is 11.7. The number of hydrogen-bond acceptors (Lipinski definition) is 6. The average Bonchev–Trinajstić information content (AvgIpc) is 3.18. The molecule has 0 bridgehead atoms. The zero-order valence-corrected chi connectivity index (χ0v) is 15.2. The smallest absolute Gasteiger partial charge is 0.108 e. The van der Waals surface area contributed by atoms with Gasteiger partial charge in [0.2, 0.25) is 0 Å². The van der Waals surface area contributed by atoms with Gasteiger partial charge in [-0.05, 0) is 12.0 Å². The van der Waals surface area contributed by atoms with Gasteiger partial charge in [0.15, 0.2) is 0 Å². The fourth-order valence-corrected chi connectivity index (χ4v) is 4.59. The Kier molecular flexibility index (Phi) is 5.15. The number of likely N-dealkylation sites (tertiary alicyclic amines) is 1. The van der Waals surface area contributed by atoms with Gasteiger partial charge in [0, 0.05) is 38.1 Å². The minimum Gasteiger partial charge on any atom is -0.383 e. The van der Waals surface area contributed by atoms with Gasteiger partial charge in [-0.1, -0.05) is 30.3 Å². The molecule has 5 nitrogen and oxygen atoms in total. The lowest BCUT2D eigenvalue weighted by atomic mass is 9.79. The number of piperidine rings is 1. The summed E-state index contributed by atoms with van der Waals surface area (Å²) < 4.78 is 5.53. The zero-order valence-electron chi connectivity index (χ0n) is 14.4. The molecule has 3 heterocycles. The van der Waals surface area contributed by atoms with E-state index in [0.29, 0.717) is 0 Å². The Hall–Kier alpha value is -1.31. The highest BCUT2D eigenvalue weighted by Gasteiger charge is 2.45. The van der Waals surface area contributed by atoms with Gasteiger partial charge in [0.05, 0.1) is 30.5 Å². The lowest BCUT2D eigenvalue weighted by Crippen LogP contribution is -2.62. The topological polar surface area (TPSA) is 48.8 Å². The third-order valence-electron chi connectivity index (χ3n) is 5.42. The second-order valence-electron chi connectivity index (χ2n) is 6.92. The van der Waals surface area contributed by atoms with Crippen molar-refractivity contribution in [2.45, 2.75) is 24.6 Å². The number of rotatable bonds is 4. The fourth-order valence-electron chi connectivity index (χ4n) is 4.04. The van der Waals surface area contributed by atoms with Gasteiger partial charge in [0.1, 0.15) is 5.60 Å². The molecule has 2 fully saturated rings. The molecule has 25 heavy (non-hydrogen) atoms. The molecular weight excluding hydrogens is 334 g/mol. The van der Waals surface area contributed by atoms with Crippen molar-refractivity contribution in [1.29, 1.82) is 0 Å². The van der Waals surface area contributed by atoms with Crippen molar-refractivity contribution in [3.05, 3.63) is 52.5 Å². The van der Waals surface area contributed by atoms with Crippen LogP contribution in [0.25, 0.3) is 0 Å². The van der Waals surface area contributed by atoms with Crippen LogP contribution in [0, 0.1) is 0 Å². The Balaban J connectivity index is 1.58. The van der Waals surface area contributed by atoms with E-state index in [1.807, 2.05) is 23.7 Å². The molecule has 0 radical (unpaired) electrons. The first kappa shape index (κ1) is 17.1. The summed E-state index contributed by atoms with van der Waals surface area (Å²) >= 11 is 1.64. The van der Waals surface area contributed by atoms with Crippen LogP contribution in [0.1, 0.15) is 17.7 Å². The van der Waals surface area contributed by atoms with Crippen LogP contribution in [0.3, 0.4) is 0 Å². The maximum absolute atomic E-state index is 11.7. The molecule has 0 spiro atoms. The van der Waals surface area contributed by atoms with Crippen molar-refractivity contribution in [2.75, 3.05) is 39.4 Å². The molecule has 2 aliphatic heterocycles. The highest BCUT2D eigenvalue weighted by molar-refractivity contribution is 7.07. The standard InChI is InChI=1S/C19H25N3O2S/c23-19(16-4-2-1-3-5-16)6-7-21(12-17-14-25-15-20-17)13-18(19)22-8-10-24-11-9-22/h1-5,14-15,18,23H,6-13H2/t18-,19+/m1/s1. The van der Waals surface area contributed by atoms with E-state index in [0.717, 1.165) is 63.6 Å². The van der Waals surface area contributed by atoms with Crippen molar-refractivity contribution in [1.82, 2.24) is 14.8 Å². The third-order valence-corrected chi connectivity index (χ3v) is 6.06. The number of benzene rings is 1. The van der Waals surface area contributed by atoms with Crippen LogP contribution in [0.15, 0.2) is 41.2 Å². The summed E-state index contributed by atoms with van der Waals surface area (Å²) in [6.07, 6.45) is 0.739. The Morgan fingerprint density at radius 3 is 2.72 bits per heavy atom. The van der Waals surface area contributed by atoms with Crippen LogP contribution >= 0.6 is 11.3 Å². The summed E-state index contributed by atoms with van der Waals surface area (Å²) in [4.78, 5) is 9.25. The van der Waals surface area contributed by atoms with Gasteiger partial charge >= 0.3 is 0 Å². The van der Waals surface area contributed by atoms with Crippen LogP contribution in [0.4, 0.5) is 0 Å². The molecule has 4 rings (SSSR count). The molecule has 0 aliphatic carbocycles. The molecule has 1 N–H and O–H groups in total. The summed E-state index contributed by atoms with van der Waals surface area (Å²) in [7, 11) is 0. The van der Waals surface area contributed by atoms with Crippen LogP contribution in [0.5, 0.6) is 0 Å². The van der Waals surface area contributed by atoms with Crippen LogP contribution in [-0.2, 0) is 16.9 Å². The number of ether oxygens (including phenoxy) is 1. The second kappa shape index (κ2) is 7.51. The Bertz CT molecular complexity index is 661.